The smallest absolute Gasteiger partial charge is 0.124 e. The number of hydrogen-bond acceptors (Lipinski definition) is 5. The molecule has 0 atom stereocenters. The van der Waals surface area contributed by atoms with Crippen LogP contribution in [0, 0.1) is 0 Å². The molecule has 1 saturated heterocycles. The minimum atomic E-state index is 0.573. The molecule has 1 aromatic heterocycles. The third kappa shape index (κ3) is 3.67. The van der Waals surface area contributed by atoms with Gasteiger partial charge in [-0.25, -0.2) is 14.8 Å². The molecule has 0 amide bonds. The van der Waals surface area contributed by atoms with Crippen LogP contribution in [0.25, 0.3) is 10.9 Å². The van der Waals surface area contributed by atoms with E-state index in [4.69, 9.17) is 5.73 Å². The molecule has 5 heteroatoms. The number of benzene rings is 1. The van der Waals surface area contributed by atoms with Gasteiger partial charge < -0.3 is 5.73 Å². The topological polar surface area (TPSA) is 66.6 Å². The van der Waals surface area contributed by atoms with Crippen molar-refractivity contribution in [2.24, 2.45) is 0 Å². The summed E-state index contributed by atoms with van der Waals surface area (Å²) in [6.45, 7) is 1.31. The highest BCUT2D eigenvalue weighted by Gasteiger charge is 1.96. The SMILES string of the molecule is C1COOOC1.Nc1ccc2ccccc2n1. The third-order valence-electron chi connectivity index (χ3n) is 2.17. The predicted molar refractivity (Wildman–Crippen MR) is 63.8 cm³/mol. The van der Waals surface area contributed by atoms with E-state index in [1.165, 1.54) is 0 Å². The molecule has 2 aromatic rings. The molecule has 1 aliphatic heterocycles. The van der Waals surface area contributed by atoms with Crippen molar-refractivity contribution in [3.63, 3.8) is 0 Å². The fourth-order valence-electron chi connectivity index (χ4n) is 1.36. The van der Waals surface area contributed by atoms with E-state index < -0.39 is 0 Å². The Morgan fingerprint density at radius 1 is 1.00 bits per heavy atom. The fourth-order valence-corrected chi connectivity index (χ4v) is 1.36. The number of nitrogens with two attached hydrogens (primary N) is 1. The van der Waals surface area contributed by atoms with Gasteiger partial charge in [0.2, 0.25) is 0 Å². The molecule has 0 unspecified atom stereocenters. The van der Waals surface area contributed by atoms with Gasteiger partial charge in [0, 0.05) is 11.8 Å². The van der Waals surface area contributed by atoms with E-state index in [-0.39, 0.29) is 0 Å². The molecule has 1 fully saturated rings. The molecule has 2 heterocycles. The van der Waals surface area contributed by atoms with Crippen LogP contribution in [0.2, 0.25) is 0 Å². The first-order chi connectivity index (χ1) is 8.36. The van der Waals surface area contributed by atoms with Gasteiger partial charge in [-0.2, -0.15) is 0 Å². The standard InChI is InChI=1S/C9H8N2.C3H6O3/c10-9-6-5-7-3-1-2-4-8(7)11-9;1-2-4-6-5-3-1/h1-6H,(H2,10,11);1-3H2. The normalized spacial score (nSPS) is 15.1. The predicted octanol–water partition coefficient (Wildman–Crippen LogP) is 2.09. The molecule has 2 N–H and O–H groups in total. The van der Waals surface area contributed by atoms with E-state index in [1.807, 2.05) is 36.4 Å². The second kappa shape index (κ2) is 6.15. The van der Waals surface area contributed by atoms with Crippen molar-refractivity contribution in [1.82, 2.24) is 4.98 Å². The molecular formula is C12H14N2O3. The second-order valence-electron chi connectivity index (χ2n) is 3.49. The van der Waals surface area contributed by atoms with Crippen LogP contribution < -0.4 is 5.73 Å². The van der Waals surface area contributed by atoms with E-state index >= 15 is 0 Å². The van der Waals surface area contributed by atoms with Crippen LogP contribution in [0.3, 0.4) is 0 Å². The monoisotopic (exact) mass is 234 g/mol. The number of pyridine rings is 1. The summed E-state index contributed by atoms with van der Waals surface area (Å²) in [5, 5.41) is 5.20. The van der Waals surface area contributed by atoms with Crippen molar-refractivity contribution < 1.29 is 14.8 Å². The van der Waals surface area contributed by atoms with E-state index in [1.54, 1.807) is 0 Å². The molecule has 1 aliphatic rings. The molecule has 0 spiro atoms. The lowest BCUT2D eigenvalue weighted by atomic mass is 10.2. The van der Waals surface area contributed by atoms with Gasteiger partial charge in [0.05, 0.1) is 18.7 Å². The number of aromatic nitrogens is 1. The first kappa shape index (κ1) is 11.8. The molecule has 1 aromatic carbocycles. The summed E-state index contributed by atoms with van der Waals surface area (Å²) in [5.74, 6) is 0.573. The van der Waals surface area contributed by atoms with E-state index in [0.29, 0.717) is 19.0 Å². The summed E-state index contributed by atoms with van der Waals surface area (Å²) < 4.78 is 0. The molecule has 0 bridgehead atoms. The van der Waals surface area contributed by atoms with Gasteiger partial charge in [0.15, 0.2) is 0 Å². The van der Waals surface area contributed by atoms with Crippen LogP contribution in [0.4, 0.5) is 5.82 Å². The third-order valence-corrected chi connectivity index (χ3v) is 2.17. The quantitative estimate of drug-likeness (QED) is 0.707. The van der Waals surface area contributed by atoms with Gasteiger partial charge in [-0.3, -0.25) is 0 Å². The van der Waals surface area contributed by atoms with E-state index in [2.05, 4.69) is 19.8 Å². The minimum Gasteiger partial charge on any atom is -0.384 e. The Labute approximate surface area is 99.0 Å². The van der Waals surface area contributed by atoms with Gasteiger partial charge in [-0.05, 0) is 18.2 Å². The maximum absolute atomic E-state index is 5.51. The van der Waals surface area contributed by atoms with Gasteiger partial charge in [-0.1, -0.05) is 23.2 Å². The van der Waals surface area contributed by atoms with Crippen LogP contribution >= 0.6 is 0 Å². The van der Waals surface area contributed by atoms with E-state index in [9.17, 15) is 0 Å². The summed E-state index contributed by atoms with van der Waals surface area (Å²) in [4.78, 5) is 12.8. The largest absolute Gasteiger partial charge is 0.384 e. The average Bonchev–Trinajstić information content (AvgIpc) is 2.41. The molecule has 90 valence electrons. The maximum Gasteiger partial charge on any atom is 0.124 e. The Hall–Kier alpha value is -1.69. The highest BCUT2D eigenvalue weighted by molar-refractivity contribution is 5.79. The molecule has 0 radical (unpaired) electrons. The first-order valence-electron chi connectivity index (χ1n) is 5.38. The number of nitrogens with zero attached hydrogens (tertiary/aromatic N) is 1. The molecule has 3 rings (SSSR count). The van der Waals surface area contributed by atoms with Crippen LogP contribution in [0.15, 0.2) is 36.4 Å². The second-order valence-corrected chi connectivity index (χ2v) is 3.49. The summed E-state index contributed by atoms with van der Waals surface area (Å²) in [7, 11) is 0. The summed E-state index contributed by atoms with van der Waals surface area (Å²) in [5.41, 5.74) is 6.46. The molecular weight excluding hydrogens is 220 g/mol. The van der Waals surface area contributed by atoms with Crippen molar-refractivity contribution >= 4 is 16.7 Å². The number of para-hydroxylation sites is 1. The Morgan fingerprint density at radius 3 is 2.41 bits per heavy atom. The van der Waals surface area contributed by atoms with Crippen LogP contribution in [0.1, 0.15) is 6.42 Å². The number of rotatable bonds is 0. The first-order valence-corrected chi connectivity index (χ1v) is 5.38. The number of anilines is 1. The number of fused-ring (bicyclic) bond motifs is 1. The zero-order valence-electron chi connectivity index (χ0n) is 9.33. The zero-order valence-corrected chi connectivity index (χ0v) is 9.33. The van der Waals surface area contributed by atoms with Crippen LogP contribution in [-0.2, 0) is 14.8 Å². The Balaban J connectivity index is 0.000000153. The van der Waals surface area contributed by atoms with Crippen molar-refractivity contribution in [3.8, 4) is 0 Å². The van der Waals surface area contributed by atoms with Crippen molar-refractivity contribution in [1.29, 1.82) is 0 Å². The highest BCUT2D eigenvalue weighted by Crippen LogP contribution is 2.11. The lowest BCUT2D eigenvalue weighted by Gasteiger charge is -2.06. The van der Waals surface area contributed by atoms with Crippen molar-refractivity contribution in [2.75, 3.05) is 18.9 Å². The van der Waals surface area contributed by atoms with Crippen molar-refractivity contribution in [3.05, 3.63) is 36.4 Å². The Morgan fingerprint density at radius 2 is 1.76 bits per heavy atom. The molecule has 0 aliphatic carbocycles. The van der Waals surface area contributed by atoms with Crippen LogP contribution in [-0.4, -0.2) is 18.2 Å². The highest BCUT2D eigenvalue weighted by atomic mass is 17.5. The summed E-state index contributed by atoms with van der Waals surface area (Å²) in [6.07, 6.45) is 0.931. The number of hydrogen-bond donors (Lipinski definition) is 1. The zero-order chi connectivity index (χ0) is 11.9. The summed E-state index contributed by atoms with van der Waals surface area (Å²) in [6, 6.07) is 11.7. The molecule has 5 nitrogen and oxygen atoms in total. The molecule has 0 saturated carbocycles. The molecule has 17 heavy (non-hydrogen) atoms. The van der Waals surface area contributed by atoms with Crippen molar-refractivity contribution in [2.45, 2.75) is 6.42 Å². The fraction of sp³-hybridized carbons (Fsp3) is 0.250. The Bertz CT molecular complexity index is 461. The van der Waals surface area contributed by atoms with E-state index in [0.717, 1.165) is 17.3 Å². The Kier molecular flexibility index (Phi) is 4.26. The minimum absolute atomic E-state index is 0.573. The maximum atomic E-state index is 5.51. The van der Waals surface area contributed by atoms with Crippen LogP contribution in [0.5, 0.6) is 0 Å². The van der Waals surface area contributed by atoms with Gasteiger partial charge in [0.1, 0.15) is 5.82 Å². The van der Waals surface area contributed by atoms with Gasteiger partial charge in [-0.15, -0.1) is 0 Å². The lowest BCUT2D eigenvalue weighted by molar-refractivity contribution is -0.532. The van der Waals surface area contributed by atoms with Gasteiger partial charge >= 0.3 is 0 Å². The van der Waals surface area contributed by atoms with Gasteiger partial charge in [0.25, 0.3) is 0 Å². The average molecular weight is 234 g/mol. The number of nitrogen functional groups attached to an aromatic ring is 1. The summed E-state index contributed by atoms with van der Waals surface area (Å²) >= 11 is 0. The lowest BCUT2D eigenvalue weighted by Crippen LogP contribution is -2.08.